The lowest BCUT2D eigenvalue weighted by Gasteiger charge is -1.95. The summed E-state index contributed by atoms with van der Waals surface area (Å²) in [6.45, 7) is 5.83. The third-order valence-electron chi connectivity index (χ3n) is 1.64. The highest BCUT2D eigenvalue weighted by atomic mass is 16.1. The lowest BCUT2D eigenvalue weighted by Crippen LogP contribution is -1.82. The molecule has 0 aromatic rings. The molecule has 0 aliphatic rings. The Labute approximate surface area is 75.2 Å². The van der Waals surface area contributed by atoms with Gasteiger partial charge in [0.05, 0.1) is 0 Å². The highest BCUT2D eigenvalue weighted by Crippen LogP contribution is 2.05. The average molecular weight is 166 g/mol. The fraction of sp³-hybridized carbons (Fsp3) is 0.545. The van der Waals surface area contributed by atoms with E-state index >= 15 is 0 Å². The second kappa shape index (κ2) is 6.84. The molecule has 0 heterocycles. The Balaban J connectivity index is 4.07. The second-order valence-corrected chi connectivity index (χ2v) is 2.87. The van der Waals surface area contributed by atoms with Crippen LogP contribution in [0.3, 0.4) is 0 Å². The average Bonchev–Trinajstić information content (AvgIpc) is 2.05. The van der Waals surface area contributed by atoms with E-state index in [1.807, 2.05) is 6.08 Å². The van der Waals surface area contributed by atoms with Gasteiger partial charge in [0.25, 0.3) is 0 Å². The highest BCUT2D eigenvalue weighted by Gasteiger charge is 1.88. The minimum Gasteiger partial charge on any atom is -0.295 e. The van der Waals surface area contributed by atoms with Crippen LogP contribution < -0.4 is 0 Å². The molecule has 0 aliphatic heterocycles. The van der Waals surface area contributed by atoms with Crippen LogP contribution in [0.25, 0.3) is 0 Å². The van der Waals surface area contributed by atoms with Gasteiger partial charge in [-0.15, -0.1) is 0 Å². The zero-order valence-corrected chi connectivity index (χ0v) is 8.26. The molecule has 68 valence electrons. The Morgan fingerprint density at radius 2 is 1.92 bits per heavy atom. The molecule has 0 bridgehead atoms. The van der Waals surface area contributed by atoms with Crippen molar-refractivity contribution in [2.75, 3.05) is 0 Å². The van der Waals surface area contributed by atoms with E-state index in [0.29, 0.717) is 0 Å². The van der Waals surface area contributed by atoms with E-state index in [2.05, 4.69) is 19.9 Å². The van der Waals surface area contributed by atoms with Crippen molar-refractivity contribution in [1.29, 1.82) is 0 Å². The minimum absolute atomic E-state index is 0.117. The molecule has 0 aliphatic carbocycles. The van der Waals surface area contributed by atoms with Crippen molar-refractivity contribution in [2.24, 2.45) is 0 Å². The monoisotopic (exact) mass is 166 g/mol. The first-order chi connectivity index (χ1) is 5.70. The predicted molar refractivity (Wildman–Crippen MR) is 53.1 cm³/mol. The quantitative estimate of drug-likeness (QED) is 0.452. The third kappa shape index (κ3) is 5.90. The van der Waals surface area contributed by atoms with Crippen molar-refractivity contribution in [2.45, 2.75) is 40.0 Å². The molecule has 0 N–H and O–H groups in total. The molecule has 0 spiro atoms. The molecule has 12 heavy (non-hydrogen) atoms. The lowest BCUT2D eigenvalue weighted by molar-refractivity contribution is -0.112. The molecule has 0 aromatic heterocycles. The SMILES string of the molecule is CCC/C=C(/C=C/C(C)=O)CC. The van der Waals surface area contributed by atoms with Gasteiger partial charge in [-0.05, 0) is 25.8 Å². The maximum absolute atomic E-state index is 10.6. The first-order valence-corrected chi connectivity index (χ1v) is 4.58. The molecule has 0 saturated heterocycles. The van der Waals surface area contributed by atoms with Crippen molar-refractivity contribution in [3.63, 3.8) is 0 Å². The summed E-state index contributed by atoms with van der Waals surface area (Å²) < 4.78 is 0. The Morgan fingerprint density at radius 1 is 1.25 bits per heavy atom. The number of hydrogen-bond acceptors (Lipinski definition) is 1. The van der Waals surface area contributed by atoms with Crippen LogP contribution in [0.5, 0.6) is 0 Å². The van der Waals surface area contributed by atoms with Crippen molar-refractivity contribution in [3.8, 4) is 0 Å². The van der Waals surface area contributed by atoms with E-state index < -0.39 is 0 Å². The van der Waals surface area contributed by atoms with Crippen LogP contribution in [0, 0.1) is 0 Å². The molecule has 1 heteroatoms. The number of ketones is 1. The standard InChI is InChI=1S/C11H18O/c1-4-6-7-11(5-2)9-8-10(3)12/h7-9H,4-6H2,1-3H3/b9-8+,11-7+. The summed E-state index contributed by atoms with van der Waals surface area (Å²) in [4.78, 5) is 10.6. The van der Waals surface area contributed by atoms with Gasteiger partial charge in [0.15, 0.2) is 5.78 Å². The van der Waals surface area contributed by atoms with E-state index in [1.54, 1.807) is 13.0 Å². The first kappa shape index (κ1) is 11.2. The Hall–Kier alpha value is -0.850. The summed E-state index contributed by atoms with van der Waals surface area (Å²) in [7, 11) is 0. The van der Waals surface area contributed by atoms with Crippen LogP contribution in [0.4, 0.5) is 0 Å². The van der Waals surface area contributed by atoms with Gasteiger partial charge in [0.2, 0.25) is 0 Å². The van der Waals surface area contributed by atoms with E-state index in [0.717, 1.165) is 19.3 Å². The maximum atomic E-state index is 10.6. The second-order valence-electron chi connectivity index (χ2n) is 2.87. The summed E-state index contributed by atoms with van der Waals surface area (Å²) in [5, 5.41) is 0. The minimum atomic E-state index is 0.117. The summed E-state index contributed by atoms with van der Waals surface area (Å²) in [6, 6.07) is 0. The number of hydrogen-bond donors (Lipinski definition) is 0. The number of carbonyl (C=O) groups excluding carboxylic acids is 1. The molecule has 0 unspecified atom stereocenters. The predicted octanol–water partition coefficient (Wildman–Crippen LogP) is 3.27. The molecule has 0 fully saturated rings. The van der Waals surface area contributed by atoms with Crippen LogP contribution in [0.2, 0.25) is 0 Å². The molecule has 1 nitrogen and oxygen atoms in total. The van der Waals surface area contributed by atoms with Crippen LogP contribution in [0.1, 0.15) is 40.0 Å². The number of allylic oxidation sites excluding steroid dienone is 4. The Kier molecular flexibility index (Phi) is 6.35. The Bertz CT molecular complexity index is 187. The lowest BCUT2D eigenvalue weighted by atomic mass is 10.1. The van der Waals surface area contributed by atoms with Crippen LogP contribution in [0.15, 0.2) is 23.8 Å². The smallest absolute Gasteiger partial charge is 0.152 e. The zero-order chi connectivity index (χ0) is 9.40. The topological polar surface area (TPSA) is 17.1 Å². The number of rotatable bonds is 5. The molecular weight excluding hydrogens is 148 g/mol. The summed E-state index contributed by atoms with van der Waals surface area (Å²) in [6.07, 6.45) is 9.01. The van der Waals surface area contributed by atoms with E-state index in [4.69, 9.17) is 0 Å². The van der Waals surface area contributed by atoms with Crippen molar-refractivity contribution in [3.05, 3.63) is 23.8 Å². The van der Waals surface area contributed by atoms with E-state index in [1.165, 1.54) is 5.57 Å². The summed E-state index contributed by atoms with van der Waals surface area (Å²) >= 11 is 0. The van der Waals surface area contributed by atoms with E-state index in [-0.39, 0.29) is 5.78 Å². The van der Waals surface area contributed by atoms with Gasteiger partial charge in [-0.3, -0.25) is 4.79 Å². The Morgan fingerprint density at radius 3 is 2.33 bits per heavy atom. The van der Waals surface area contributed by atoms with E-state index in [9.17, 15) is 4.79 Å². The van der Waals surface area contributed by atoms with Crippen LogP contribution in [-0.2, 0) is 4.79 Å². The largest absolute Gasteiger partial charge is 0.295 e. The number of unbranched alkanes of at least 4 members (excludes halogenated alkanes) is 1. The molecule has 0 saturated carbocycles. The zero-order valence-electron chi connectivity index (χ0n) is 8.26. The normalized spacial score (nSPS) is 12.4. The van der Waals surface area contributed by atoms with Gasteiger partial charge in [-0.1, -0.05) is 38.0 Å². The fourth-order valence-electron chi connectivity index (χ4n) is 0.884. The molecule has 0 radical (unpaired) electrons. The van der Waals surface area contributed by atoms with Crippen molar-refractivity contribution >= 4 is 5.78 Å². The molecule has 0 amide bonds. The maximum Gasteiger partial charge on any atom is 0.152 e. The van der Waals surface area contributed by atoms with Crippen LogP contribution in [-0.4, -0.2) is 5.78 Å². The van der Waals surface area contributed by atoms with Crippen LogP contribution >= 0.6 is 0 Å². The van der Waals surface area contributed by atoms with Gasteiger partial charge >= 0.3 is 0 Å². The third-order valence-corrected chi connectivity index (χ3v) is 1.64. The van der Waals surface area contributed by atoms with Gasteiger partial charge in [0.1, 0.15) is 0 Å². The van der Waals surface area contributed by atoms with Crippen molar-refractivity contribution in [1.82, 2.24) is 0 Å². The summed E-state index contributed by atoms with van der Waals surface area (Å²) in [5.74, 6) is 0.117. The van der Waals surface area contributed by atoms with Gasteiger partial charge < -0.3 is 0 Å². The molecule has 0 aromatic carbocycles. The molecule has 0 rings (SSSR count). The molecule has 0 atom stereocenters. The fourth-order valence-corrected chi connectivity index (χ4v) is 0.884. The molecular formula is C11H18O. The van der Waals surface area contributed by atoms with Gasteiger partial charge in [0, 0.05) is 0 Å². The number of carbonyl (C=O) groups is 1. The van der Waals surface area contributed by atoms with Gasteiger partial charge in [-0.25, -0.2) is 0 Å². The van der Waals surface area contributed by atoms with Gasteiger partial charge in [-0.2, -0.15) is 0 Å². The first-order valence-electron chi connectivity index (χ1n) is 4.58. The van der Waals surface area contributed by atoms with Crippen molar-refractivity contribution < 1.29 is 4.79 Å². The summed E-state index contributed by atoms with van der Waals surface area (Å²) in [5.41, 5.74) is 1.26. The highest BCUT2D eigenvalue weighted by molar-refractivity contribution is 5.87.